The Morgan fingerprint density at radius 3 is 2.42 bits per heavy atom. The van der Waals surface area contributed by atoms with Crippen molar-refractivity contribution in [1.82, 2.24) is 4.90 Å². The number of rotatable bonds is 8. The molecule has 1 heterocycles. The topological polar surface area (TPSA) is 51.1 Å². The number of halogens is 1. The van der Waals surface area contributed by atoms with E-state index < -0.39 is 0 Å². The molecule has 0 saturated carbocycles. The molecule has 0 N–H and O–H groups in total. The van der Waals surface area contributed by atoms with Crippen molar-refractivity contribution in [1.29, 1.82) is 0 Å². The van der Waals surface area contributed by atoms with Gasteiger partial charge in [0, 0.05) is 18.5 Å². The van der Waals surface area contributed by atoms with Crippen molar-refractivity contribution in [3.63, 3.8) is 0 Å². The Labute approximate surface area is 180 Å². The number of carbonyl (C=O) groups excluding carboxylic acids is 1. The number of nitrogens with zero attached hydrogens (tertiary/aromatic N) is 2. The molecule has 1 amide bonds. The van der Waals surface area contributed by atoms with E-state index in [0.717, 1.165) is 5.56 Å². The number of ether oxygens (including phenoxy) is 1. The molecule has 0 aliphatic carbocycles. The minimum atomic E-state index is -0.348. The van der Waals surface area contributed by atoms with Crippen molar-refractivity contribution in [3.8, 4) is 5.75 Å². The molecule has 31 heavy (non-hydrogen) atoms. The summed E-state index contributed by atoms with van der Waals surface area (Å²) >= 11 is 0. The van der Waals surface area contributed by atoms with Gasteiger partial charge in [0.15, 0.2) is 12.7 Å². The lowest BCUT2D eigenvalue weighted by Crippen LogP contribution is -2.40. The monoisotopic (exact) mass is 418 g/mol. The molecule has 0 bridgehead atoms. The summed E-state index contributed by atoms with van der Waals surface area (Å²) in [4.78, 5) is 20.2. The molecule has 1 aliphatic rings. The zero-order valence-electron chi connectivity index (χ0n) is 17.0. The van der Waals surface area contributed by atoms with Crippen LogP contribution in [0.4, 0.5) is 4.39 Å². The summed E-state index contributed by atoms with van der Waals surface area (Å²) in [5.74, 6) is 0.146. The molecular formula is C25H23FN2O3. The number of hydrogen-bond acceptors (Lipinski definition) is 4. The molecule has 3 aromatic rings. The van der Waals surface area contributed by atoms with Gasteiger partial charge in [-0.3, -0.25) is 4.79 Å². The molecule has 4 rings (SSSR count). The fraction of sp³-hybridized carbons (Fsp3) is 0.200. The van der Waals surface area contributed by atoms with Crippen LogP contribution in [0.25, 0.3) is 0 Å². The predicted molar refractivity (Wildman–Crippen MR) is 116 cm³/mol. The van der Waals surface area contributed by atoms with E-state index in [1.165, 1.54) is 6.07 Å². The van der Waals surface area contributed by atoms with Crippen LogP contribution in [-0.2, 0) is 16.2 Å². The minimum absolute atomic E-state index is 0.0788. The molecule has 0 aromatic heterocycles. The third kappa shape index (κ3) is 5.48. The number of benzene rings is 3. The Balaban J connectivity index is 1.42. The Morgan fingerprint density at radius 1 is 1.00 bits per heavy atom. The number of amides is 1. The van der Waals surface area contributed by atoms with E-state index in [-0.39, 0.29) is 24.4 Å². The second-order valence-corrected chi connectivity index (χ2v) is 7.31. The quantitative estimate of drug-likeness (QED) is 0.544. The summed E-state index contributed by atoms with van der Waals surface area (Å²) in [6, 6.07) is 25.4. The van der Waals surface area contributed by atoms with E-state index in [2.05, 4.69) is 5.16 Å². The van der Waals surface area contributed by atoms with Crippen LogP contribution >= 0.6 is 0 Å². The summed E-state index contributed by atoms with van der Waals surface area (Å²) in [6.07, 6.45) is 0.0815. The van der Waals surface area contributed by atoms with Crippen molar-refractivity contribution in [2.75, 3.05) is 13.2 Å². The lowest BCUT2D eigenvalue weighted by Gasteiger charge is -2.25. The molecule has 1 aliphatic heterocycles. The van der Waals surface area contributed by atoms with Gasteiger partial charge in [-0.25, -0.2) is 4.39 Å². The van der Waals surface area contributed by atoms with E-state index in [0.29, 0.717) is 36.5 Å². The average Bonchev–Trinajstić information content (AvgIpc) is 3.27. The highest BCUT2D eigenvalue weighted by Gasteiger charge is 2.28. The molecule has 0 unspecified atom stereocenters. The number of para-hydroxylation sites is 1. The highest BCUT2D eigenvalue weighted by molar-refractivity contribution is 6.01. The van der Waals surface area contributed by atoms with E-state index in [1.807, 2.05) is 60.7 Å². The molecule has 0 radical (unpaired) electrons. The Bertz CT molecular complexity index is 1040. The van der Waals surface area contributed by atoms with Crippen LogP contribution in [0.5, 0.6) is 5.75 Å². The van der Waals surface area contributed by atoms with Gasteiger partial charge in [-0.05, 0) is 23.8 Å². The van der Waals surface area contributed by atoms with Gasteiger partial charge in [0.25, 0.3) is 5.91 Å². The maximum atomic E-state index is 14.1. The molecule has 1 atom stereocenters. The van der Waals surface area contributed by atoms with Gasteiger partial charge in [0.2, 0.25) is 0 Å². The minimum Gasteiger partial charge on any atom is -0.484 e. The molecule has 0 fully saturated rings. The first kappa shape index (κ1) is 20.6. The molecule has 158 valence electrons. The van der Waals surface area contributed by atoms with Crippen LogP contribution in [0, 0.1) is 5.82 Å². The van der Waals surface area contributed by atoms with Crippen molar-refractivity contribution >= 4 is 11.6 Å². The van der Waals surface area contributed by atoms with Crippen LogP contribution in [-0.4, -0.2) is 35.8 Å². The average molecular weight is 418 g/mol. The molecule has 3 aromatic carbocycles. The smallest absolute Gasteiger partial charge is 0.260 e. The van der Waals surface area contributed by atoms with Gasteiger partial charge in [-0.1, -0.05) is 71.9 Å². The second-order valence-electron chi connectivity index (χ2n) is 7.31. The second kappa shape index (κ2) is 9.89. The van der Waals surface area contributed by atoms with Crippen LogP contribution in [0.1, 0.15) is 17.5 Å². The normalized spacial score (nSPS) is 15.1. The van der Waals surface area contributed by atoms with Crippen LogP contribution in [0.3, 0.4) is 0 Å². The fourth-order valence-electron chi connectivity index (χ4n) is 3.44. The first-order valence-corrected chi connectivity index (χ1v) is 10.2. The highest BCUT2D eigenvalue weighted by Crippen LogP contribution is 2.20. The van der Waals surface area contributed by atoms with Gasteiger partial charge in [-0.15, -0.1) is 0 Å². The Kier molecular flexibility index (Phi) is 6.57. The van der Waals surface area contributed by atoms with Gasteiger partial charge in [-0.2, -0.15) is 0 Å². The van der Waals surface area contributed by atoms with Crippen molar-refractivity contribution in [2.24, 2.45) is 5.16 Å². The molecule has 6 heteroatoms. The van der Waals surface area contributed by atoms with Crippen LogP contribution in [0.2, 0.25) is 0 Å². The maximum Gasteiger partial charge on any atom is 0.260 e. The zero-order valence-corrected chi connectivity index (χ0v) is 17.0. The van der Waals surface area contributed by atoms with Gasteiger partial charge < -0.3 is 14.5 Å². The predicted octanol–water partition coefficient (Wildman–Crippen LogP) is 4.43. The lowest BCUT2D eigenvalue weighted by atomic mass is 10.0. The van der Waals surface area contributed by atoms with Crippen LogP contribution < -0.4 is 4.74 Å². The van der Waals surface area contributed by atoms with Crippen molar-refractivity contribution < 1.29 is 18.8 Å². The fourth-order valence-corrected chi connectivity index (χ4v) is 3.44. The summed E-state index contributed by atoms with van der Waals surface area (Å²) in [7, 11) is 0. The first-order valence-electron chi connectivity index (χ1n) is 10.2. The Morgan fingerprint density at radius 2 is 1.68 bits per heavy atom. The maximum absolute atomic E-state index is 14.1. The molecule has 0 saturated heterocycles. The van der Waals surface area contributed by atoms with Crippen LogP contribution in [0.15, 0.2) is 90.1 Å². The highest BCUT2D eigenvalue weighted by atomic mass is 19.1. The van der Waals surface area contributed by atoms with Gasteiger partial charge in [0.05, 0.1) is 12.3 Å². The molecule has 5 nitrogen and oxygen atoms in total. The molecule has 0 spiro atoms. The molecular weight excluding hydrogens is 395 g/mol. The third-order valence-corrected chi connectivity index (χ3v) is 5.02. The van der Waals surface area contributed by atoms with E-state index >= 15 is 0 Å². The van der Waals surface area contributed by atoms with E-state index in [4.69, 9.17) is 9.57 Å². The van der Waals surface area contributed by atoms with Gasteiger partial charge >= 0.3 is 0 Å². The van der Waals surface area contributed by atoms with E-state index in [9.17, 15) is 9.18 Å². The van der Waals surface area contributed by atoms with Crippen molar-refractivity contribution in [2.45, 2.75) is 19.1 Å². The third-order valence-electron chi connectivity index (χ3n) is 5.02. The lowest BCUT2D eigenvalue weighted by molar-refractivity contribution is -0.135. The Hall–Kier alpha value is -3.67. The largest absolute Gasteiger partial charge is 0.484 e. The van der Waals surface area contributed by atoms with Gasteiger partial charge in [0.1, 0.15) is 11.6 Å². The number of hydrogen-bond donors (Lipinski definition) is 0. The standard InChI is InChI=1S/C25H23FN2O3/c26-23-14-8-7-13-22(23)24-15-21(31-27-24)17-28(16-19-9-3-1-4-10-19)25(29)18-30-20-11-5-2-6-12-20/h1-14,21H,15-18H2/t21-/m1/s1. The first-order chi connectivity index (χ1) is 15.2. The van der Waals surface area contributed by atoms with Crippen molar-refractivity contribution in [3.05, 3.63) is 102 Å². The summed E-state index contributed by atoms with van der Waals surface area (Å²) in [6.45, 7) is 0.671. The summed E-state index contributed by atoms with van der Waals surface area (Å²) < 4.78 is 19.7. The van der Waals surface area contributed by atoms with E-state index in [1.54, 1.807) is 23.1 Å². The summed E-state index contributed by atoms with van der Waals surface area (Å²) in [5, 5.41) is 4.07. The summed E-state index contributed by atoms with van der Waals surface area (Å²) in [5.41, 5.74) is 1.98. The SMILES string of the molecule is O=C(COc1ccccc1)N(Cc1ccccc1)C[C@H]1CC(c2ccccc2F)=NO1. The number of carbonyl (C=O) groups is 1. The number of oxime groups is 1. The zero-order chi connectivity index (χ0) is 21.5.